The van der Waals surface area contributed by atoms with Crippen molar-refractivity contribution in [2.45, 2.75) is 70.1 Å². The van der Waals surface area contributed by atoms with E-state index < -0.39 is 60.2 Å². The van der Waals surface area contributed by atoms with Gasteiger partial charge in [-0.15, -0.1) is 0 Å². The van der Waals surface area contributed by atoms with Gasteiger partial charge in [0.15, 0.2) is 0 Å². The summed E-state index contributed by atoms with van der Waals surface area (Å²) in [6.07, 6.45) is 0.246. The molecule has 4 unspecified atom stereocenters. The van der Waals surface area contributed by atoms with E-state index in [9.17, 15) is 39.3 Å². The number of rotatable bonds is 16. The number of aromatic hydroxyl groups is 1. The molecule has 4 atom stereocenters. The van der Waals surface area contributed by atoms with Gasteiger partial charge in [0.1, 0.15) is 23.9 Å². The molecule has 0 aromatic heterocycles. The molecule has 0 fully saturated rings. The Morgan fingerprint density at radius 1 is 0.838 bits per heavy atom. The van der Waals surface area contributed by atoms with Crippen LogP contribution in [0.15, 0.2) is 24.3 Å². The number of nitrogens with two attached hydrogens (primary N) is 2. The average Bonchev–Trinajstić information content (AvgIpc) is 2.82. The SMILES string of the molecule is CC(C)C(N)C(=O)NC(CC(=O)O)C(=O)NC(Cc1ccc(O)cc1)C(=O)NC(CCCCN)C(=O)O. The monoisotopic (exact) mass is 523 g/mol. The van der Waals surface area contributed by atoms with E-state index in [1.54, 1.807) is 13.8 Å². The number of benzene rings is 1. The molecule has 206 valence electrons. The molecular weight excluding hydrogens is 486 g/mol. The van der Waals surface area contributed by atoms with Crippen molar-refractivity contribution >= 4 is 29.7 Å². The molecule has 0 aliphatic carbocycles. The highest BCUT2D eigenvalue weighted by molar-refractivity contribution is 5.95. The molecular formula is C24H37N5O8. The van der Waals surface area contributed by atoms with E-state index in [1.807, 2.05) is 0 Å². The second-order valence-electron chi connectivity index (χ2n) is 9.04. The maximum atomic E-state index is 13.1. The zero-order valence-corrected chi connectivity index (χ0v) is 21.0. The van der Waals surface area contributed by atoms with Crippen LogP contribution in [0.1, 0.15) is 45.1 Å². The highest BCUT2D eigenvalue weighted by Crippen LogP contribution is 2.12. The zero-order chi connectivity index (χ0) is 28.1. The number of amides is 3. The van der Waals surface area contributed by atoms with Crippen molar-refractivity contribution in [3.63, 3.8) is 0 Å². The van der Waals surface area contributed by atoms with Gasteiger partial charge in [-0.3, -0.25) is 19.2 Å². The molecule has 10 N–H and O–H groups in total. The third-order valence-electron chi connectivity index (χ3n) is 5.60. The molecule has 0 aliphatic heterocycles. The Hall–Kier alpha value is -3.71. The van der Waals surface area contributed by atoms with Crippen molar-refractivity contribution in [3.05, 3.63) is 29.8 Å². The Morgan fingerprint density at radius 3 is 1.89 bits per heavy atom. The minimum Gasteiger partial charge on any atom is -0.508 e. The van der Waals surface area contributed by atoms with Gasteiger partial charge in [-0.1, -0.05) is 26.0 Å². The van der Waals surface area contributed by atoms with Crippen LogP contribution < -0.4 is 27.4 Å². The number of aliphatic carboxylic acids is 2. The lowest BCUT2D eigenvalue weighted by Gasteiger charge is -2.25. The van der Waals surface area contributed by atoms with E-state index in [4.69, 9.17) is 11.5 Å². The summed E-state index contributed by atoms with van der Waals surface area (Å²) >= 11 is 0. The van der Waals surface area contributed by atoms with Crippen molar-refractivity contribution in [3.8, 4) is 5.75 Å². The summed E-state index contributed by atoms with van der Waals surface area (Å²) in [6, 6.07) is 0.678. The molecule has 0 heterocycles. The number of carboxylic acid groups (broad SMARTS) is 2. The van der Waals surface area contributed by atoms with Gasteiger partial charge < -0.3 is 42.7 Å². The number of carbonyl (C=O) groups is 5. The quantitative estimate of drug-likeness (QED) is 0.124. The summed E-state index contributed by atoms with van der Waals surface area (Å²) in [4.78, 5) is 61.5. The predicted molar refractivity (Wildman–Crippen MR) is 133 cm³/mol. The van der Waals surface area contributed by atoms with Gasteiger partial charge in [0.2, 0.25) is 17.7 Å². The van der Waals surface area contributed by atoms with Crippen molar-refractivity contribution in [1.82, 2.24) is 16.0 Å². The van der Waals surface area contributed by atoms with Gasteiger partial charge in [-0.25, -0.2) is 4.79 Å². The number of phenols is 1. The highest BCUT2D eigenvalue weighted by Gasteiger charge is 2.32. The van der Waals surface area contributed by atoms with Crippen LogP contribution in [0.3, 0.4) is 0 Å². The van der Waals surface area contributed by atoms with Crippen LogP contribution in [0.5, 0.6) is 5.75 Å². The highest BCUT2D eigenvalue weighted by atomic mass is 16.4. The summed E-state index contributed by atoms with van der Waals surface area (Å²) in [5.74, 6) is -5.45. The number of hydrogen-bond acceptors (Lipinski definition) is 8. The topological polar surface area (TPSA) is 234 Å². The summed E-state index contributed by atoms with van der Waals surface area (Å²) in [6.45, 7) is 3.72. The van der Waals surface area contributed by atoms with Crippen molar-refractivity contribution in [1.29, 1.82) is 0 Å². The first-order chi connectivity index (χ1) is 17.3. The number of carboxylic acids is 2. The first-order valence-electron chi connectivity index (χ1n) is 11.9. The predicted octanol–water partition coefficient (Wildman–Crippen LogP) is -0.939. The first-order valence-corrected chi connectivity index (χ1v) is 11.9. The van der Waals surface area contributed by atoms with E-state index >= 15 is 0 Å². The molecule has 3 amide bonds. The Balaban J connectivity index is 3.15. The molecule has 0 bridgehead atoms. The molecule has 13 heteroatoms. The largest absolute Gasteiger partial charge is 0.508 e. The number of carbonyl (C=O) groups excluding carboxylic acids is 3. The molecule has 13 nitrogen and oxygen atoms in total. The summed E-state index contributed by atoms with van der Waals surface area (Å²) in [7, 11) is 0. The van der Waals surface area contributed by atoms with Crippen LogP contribution in [0.25, 0.3) is 0 Å². The third-order valence-corrected chi connectivity index (χ3v) is 5.60. The van der Waals surface area contributed by atoms with E-state index in [0.717, 1.165) is 0 Å². The van der Waals surface area contributed by atoms with Crippen LogP contribution >= 0.6 is 0 Å². The van der Waals surface area contributed by atoms with Gasteiger partial charge in [0.05, 0.1) is 12.5 Å². The summed E-state index contributed by atoms with van der Waals surface area (Å²) in [5.41, 5.74) is 11.8. The number of phenolic OH excluding ortho intramolecular Hbond substituents is 1. The number of hydrogen-bond donors (Lipinski definition) is 8. The second-order valence-corrected chi connectivity index (χ2v) is 9.04. The fourth-order valence-corrected chi connectivity index (χ4v) is 3.33. The van der Waals surface area contributed by atoms with Crippen LogP contribution in [0.2, 0.25) is 0 Å². The van der Waals surface area contributed by atoms with Crippen LogP contribution in [0, 0.1) is 5.92 Å². The number of unbranched alkanes of at least 4 members (excludes halogenated alkanes) is 1. The minimum absolute atomic E-state index is 0.0228. The second kappa shape index (κ2) is 15.4. The minimum atomic E-state index is -1.54. The smallest absolute Gasteiger partial charge is 0.326 e. The van der Waals surface area contributed by atoms with Crippen LogP contribution in [0.4, 0.5) is 0 Å². The lowest BCUT2D eigenvalue weighted by atomic mass is 10.0. The van der Waals surface area contributed by atoms with Gasteiger partial charge in [-0.2, -0.15) is 0 Å². The molecule has 1 aromatic rings. The molecule has 0 saturated carbocycles. The number of nitrogens with one attached hydrogen (secondary N) is 3. The van der Waals surface area contributed by atoms with Gasteiger partial charge in [0.25, 0.3) is 0 Å². The fourth-order valence-electron chi connectivity index (χ4n) is 3.33. The maximum absolute atomic E-state index is 13.1. The molecule has 0 radical (unpaired) electrons. The van der Waals surface area contributed by atoms with Gasteiger partial charge in [-0.05, 0) is 49.4 Å². The van der Waals surface area contributed by atoms with E-state index in [-0.39, 0.29) is 24.5 Å². The molecule has 0 saturated heterocycles. The van der Waals surface area contributed by atoms with E-state index in [2.05, 4.69) is 16.0 Å². The molecule has 1 aromatic carbocycles. The van der Waals surface area contributed by atoms with Crippen molar-refractivity contribution < 1.29 is 39.3 Å². The van der Waals surface area contributed by atoms with E-state index in [0.29, 0.717) is 24.9 Å². The Kier molecular flexibility index (Phi) is 13.0. The lowest BCUT2D eigenvalue weighted by Crippen LogP contribution is -2.58. The molecule has 0 aliphatic rings. The Labute approximate surface area is 215 Å². The van der Waals surface area contributed by atoms with Crippen LogP contribution in [-0.4, -0.2) is 75.7 Å². The van der Waals surface area contributed by atoms with Crippen molar-refractivity contribution in [2.75, 3.05) is 6.54 Å². The lowest BCUT2D eigenvalue weighted by molar-refractivity contribution is -0.143. The van der Waals surface area contributed by atoms with Crippen LogP contribution in [-0.2, 0) is 30.4 Å². The van der Waals surface area contributed by atoms with Crippen molar-refractivity contribution in [2.24, 2.45) is 17.4 Å². The molecule has 37 heavy (non-hydrogen) atoms. The first kappa shape index (κ1) is 31.3. The van der Waals surface area contributed by atoms with Gasteiger partial charge in [0, 0.05) is 6.42 Å². The molecule has 1 rings (SSSR count). The normalized spacial score (nSPS) is 14.2. The molecule has 0 spiro atoms. The summed E-state index contributed by atoms with van der Waals surface area (Å²) < 4.78 is 0. The Bertz CT molecular complexity index is 938. The summed E-state index contributed by atoms with van der Waals surface area (Å²) in [5, 5.41) is 35.4. The standard InChI is InChI=1S/C24H37N5O8/c1-13(2)20(26)23(35)29-18(12-19(31)32)22(34)28-17(11-14-6-8-15(30)9-7-14)21(33)27-16(24(36)37)5-3-4-10-25/h6-9,13,16-18,20,30H,3-5,10-12,25-26H2,1-2H3,(H,27,33)(H,28,34)(H,29,35)(H,31,32)(H,36,37). The third kappa shape index (κ3) is 11.3. The van der Waals surface area contributed by atoms with E-state index in [1.165, 1.54) is 24.3 Å². The Morgan fingerprint density at radius 2 is 1.38 bits per heavy atom. The average molecular weight is 524 g/mol. The fraction of sp³-hybridized carbons (Fsp3) is 0.542. The zero-order valence-electron chi connectivity index (χ0n) is 21.0. The van der Waals surface area contributed by atoms with Gasteiger partial charge >= 0.3 is 11.9 Å². The maximum Gasteiger partial charge on any atom is 0.326 e.